The number of rotatable bonds is 7. The van der Waals surface area contributed by atoms with Crippen LogP contribution in [0.25, 0.3) is 17.0 Å². The molecule has 0 fully saturated rings. The number of benzene rings is 2. The van der Waals surface area contributed by atoms with Crippen LogP contribution in [0.15, 0.2) is 70.4 Å². The molecule has 0 atom stereocenters. The zero-order valence-corrected chi connectivity index (χ0v) is 20.5. The molecular weight excluding hydrogens is 462 g/mol. The first-order valence-electron chi connectivity index (χ1n) is 11.3. The Morgan fingerprint density at radius 2 is 1.86 bits per heavy atom. The molecule has 178 valence electrons. The number of methoxy groups -OCH3 is 1. The maximum Gasteiger partial charge on any atom is 0.283 e. The highest BCUT2D eigenvalue weighted by Gasteiger charge is 2.36. The quantitative estimate of drug-likeness (QED) is 0.473. The molecule has 3 heterocycles. The van der Waals surface area contributed by atoms with Crippen LogP contribution >= 0.6 is 11.8 Å². The highest BCUT2D eigenvalue weighted by molar-refractivity contribution is 8.27. The topological polar surface area (TPSA) is 92.3 Å². The minimum atomic E-state index is -0.423. The third kappa shape index (κ3) is 4.46. The van der Waals surface area contributed by atoms with Crippen molar-refractivity contribution in [3.8, 4) is 11.5 Å². The Balaban J connectivity index is 1.40. The van der Waals surface area contributed by atoms with Crippen LogP contribution in [0.3, 0.4) is 0 Å². The van der Waals surface area contributed by atoms with Crippen molar-refractivity contribution in [3.63, 3.8) is 0 Å². The van der Waals surface area contributed by atoms with Gasteiger partial charge in [0, 0.05) is 28.6 Å². The minimum absolute atomic E-state index is 0.0443. The van der Waals surface area contributed by atoms with E-state index in [0.29, 0.717) is 18.3 Å². The van der Waals surface area contributed by atoms with Gasteiger partial charge in [0.15, 0.2) is 5.84 Å². The summed E-state index contributed by atoms with van der Waals surface area (Å²) in [5.74, 6) is 1.37. The van der Waals surface area contributed by atoms with Crippen molar-refractivity contribution in [2.45, 2.75) is 20.4 Å². The lowest BCUT2D eigenvalue weighted by Gasteiger charge is -2.20. The Morgan fingerprint density at radius 3 is 2.60 bits per heavy atom. The molecule has 0 radical (unpaired) electrons. The lowest BCUT2D eigenvalue weighted by Crippen LogP contribution is -2.35. The van der Waals surface area contributed by atoms with Gasteiger partial charge in [0.25, 0.3) is 5.91 Å². The van der Waals surface area contributed by atoms with Gasteiger partial charge < -0.3 is 14.0 Å². The van der Waals surface area contributed by atoms with E-state index in [9.17, 15) is 4.79 Å². The smallest absolute Gasteiger partial charge is 0.283 e. The van der Waals surface area contributed by atoms with Crippen LogP contribution in [0.1, 0.15) is 19.4 Å². The summed E-state index contributed by atoms with van der Waals surface area (Å²) in [4.78, 5) is 17.0. The monoisotopic (exact) mass is 487 g/mol. The molecule has 35 heavy (non-hydrogen) atoms. The van der Waals surface area contributed by atoms with Crippen LogP contribution in [0.5, 0.6) is 11.5 Å². The van der Waals surface area contributed by atoms with E-state index in [0.717, 1.165) is 33.0 Å². The van der Waals surface area contributed by atoms with Crippen molar-refractivity contribution in [2.75, 3.05) is 13.7 Å². The summed E-state index contributed by atoms with van der Waals surface area (Å²) >= 11 is 1.35. The molecule has 1 N–H and O–H groups in total. The van der Waals surface area contributed by atoms with Gasteiger partial charge in [-0.1, -0.05) is 32.0 Å². The summed E-state index contributed by atoms with van der Waals surface area (Å²) in [5, 5.41) is 16.9. The van der Waals surface area contributed by atoms with Gasteiger partial charge in [0.1, 0.15) is 23.1 Å². The van der Waals surface area contributed by atoms with Crippen molar-refractivity contribution in [2.24, 2.45) is 16.0 Å². The molecule has 0 spiro atoms. The number of amidine groups is 2. The maximum absolute atomic E-state index is 12.8. The van der Waals surface area contributed by atoms with Gasteiger partial charge >= 0.3 is 0 Å². The fraction of sp³-hybridized carbons (Fsp3) is 0.231. The number of aromatic nitrogens is 1. The Kier molecular flexibility index (Phi) is 6.17. The SMILES string of the molecule is COc1ccc(OCCn2cc(/C=C3\C(=N)N4N=C(C(C)C)SC4=NC3=O)c3ccccc32)cc1. The number of hydrogen-bond donors (Lipinski definition) is 1. The van der Waals surface area contributed by atoms with E-state index in [1.54, 1.807) is 13.2 Å². The number of carbonyl (C=O) groups is 1. The fourth-order valence-electron chi connectivity index (χ4n) is 3.90. The molecule has 1 aromatic heterocycles. The molecule has 1 amide bonds. The summed E-state index contributed by atoms with van der Waals surface area (Å²) in [6.45, 7) is 5.15. The van der Waals surface area contributed by atoms with E-state index < -0.39 is 5.91 Å². The van der Waals surface area contributed by atoms with Crippen LogP contribution in [0.4, 0.5) is 0 Å². The summed E-state index contributed by atoms with van der Waals surface area (Å²) in [5.41, 5.74) is 2.09. The molecular formula is C26H25N5O3S. The van der Waals surface area contributed by atoms with Crippen molar-refractivity contribution in [3.05, 3.63) is 65.9 Å². The number of aliphatic imine (C=N–C) groups is 1. The Bertz CT molecular complexity index is 1400. The molecule has 0 saturated heterocycles. The number of thioether (sulfide) groups is 1. The van der Waals surface area contributed by atoms with Crippen molar-refractivity contribution in [1.29, 1.82) is 5.41 Å². The van der Waals surface area contributed by atoms with Crippen LogP contribution in [-0.4, -0.2) is 45.2 Å². The van der Waals surface area contributed by atoms with Gasteiger partial charge in [-0.25, -0.2) is 0 Å². The van der Waals surface area contributed by atoms with Crippen LogP contribution in [0.2, 0.25) is 0 Å². The summed E-state index contributed by atoms with van der Waals surface area (Å²) in [6.07, 6.45) is 3.72. The fourth-order valence-corrected chi connectivity index (χ4v) is 4.80. The predicted molar refractivity (Wildman–Crippen MR) is 140 cm³/mol. The zero-order valence-electron chi connectivity index (χ0n) is 19.7. The summed E-state index contributed by atoms with van der Waals surface area (Å²) < 4.78 is 13.2. The summed E-state index contributed by atoms with van der Waals surface area (Å²) in [7, 11) is 1.63. The molecule has 0 aliphatic carbocycles. The molecule has 3 aromatic rings. The van der Waals surface area contributed by atoms with Gasteiger partial charge in [0.05, 0.1) is 19.2 Å². The second kappa shape index (κ2) is 9.42. The number of hydrogen-bond acceptors (Lipinski definition) is 6. The highest BCUT2D eigenvalue weighted by Crippen LogP contribution is 2.32. The Labute approximate surface area is 207 Å². The molecule has 0 saturated carbocycles. The first-order valence-corrected chi connectivity index (χ1v) is 12.1. The number of hydrazone groups is 1. The lowest BCUT2D eigenvalue weighted by atomic mass is 10.1. The van der Waals surface area contributed by atoms with Crippen LogP contribution in [0, 0.1) is 11.3 Å². The molecule has 2 aliphatic heterocycles. The van der Waals surface area contributed by atoms with E-state index >= 15 is 0 Å². The van der Waals surface area contributed by atoms with Gasteiger partial charge in [0.2, 0.25) is 5.17 Å². The third-order valence-corrected chi connectivity index (χ3v) is 6.95. The van der Waals surface area contributed by atoms with Crippen molar-refractivity contribution < 1.29 is 14.3 Å². The largest absolute Gasteiger partial charge is 0.497 e. The normalized spacial score (nSPS) is 16.7. The van der Waals surface area contributed by atoms with E-state index in [1.165, 1.54) is 16.8 Å². The van der Waals surface area contributed by atoms with Crippen LogP contribution < -0.4 is 9.47 Å². The number of nitrogens with one attached hydrogen (secondary N) is 1. The van der Waals surface area contributed by atoms with Crippen molar-refractivity contribution in [1.82, 2.24) is 9.58 Å². The van der Waals surface area contributed by atoms with E-state index in [1.807, 2.05) is 68.6 Å². The van der Waals surface area contributed by atoms with Gasteiger partial charge in [-0.15, -0.1) is 0 Å². The Morgan fingerprint density at radius 1 is 1.11 bits per heavy atom. The standard InChI is InChI=1S/C26H25N5O3S/c1-16(2)25-29-31-23(27)21(24(32)28-26(31)35-25)14-17-15-30(22-7-5-4-6-20(17)22)12-13-34-19-10-8-18(33-3)9-11-19/h4-11,14-16,27H,12-13H2,1-3H3/b21-14+,27-23?. The molecule has 5 rings (SSSR count). The third-order valence-electron chi connectivity index (χ3n) is 5.74. The average Bonchev–Trinajstić information content (AvgIpc) is 3.44. The van der Waals surface area contributed by atoms with Gasteiger partial charge in [-0.05, 0) is 48.2 Å². The second-order valence-corrected chi connectivity index (χ2v) is 9.42. The van der Waals surface area contributed by atoms with Crippen LogP contribution in [-0.2, 0) is 11.3 Å². The number of ether oxygens (including phenoxy) is 2. The first-order chi connectivity index (χ1) is 16.9. The van der Waals surface area contributed by atoms with E-state index in [-0.39, 0.29) is 17.3 Å². The number of carbonyl (C=O) groups excluding carboxylic acids is 1. The highest BCUT2D eigenvalue weighted by atomic mass is 32.2. The second-order valence-electron chi connectivity index (χ2n) is 8.43. The molecule has 2 aliphatic rings. The number of fused-ring (bicyclic) bond motifs is 2. The Hall–Kier alpha value is -3.85. The predicted octanol–water partition coefficient (Wildman–Crippen LogP) is 5.00. The number of nitrogens with zero attached hydrogens (tertiary/aromatic N) is 4. The summed E-state index contributed by atoms with van der Waals surface area (Å²) in [6, 6.07) is 15.5. The first kappa shape index (κ1) is 22.9. The van der Waals surface area contributed by atoms with E-state index in [2.05, 4.69) is 14.7 Å². The maximum atomic E-state index is 12.8. The molecule has 8 nitrogen and oxygen atoms in total. The lowest BCUT2D eigenvalue weighted by molar-refractivity contribution is -0.114. The minimum Gasteiger partial charge on any atom is -0.497 e. The van der Waals surface area contributed by atoms with Crippen molar-refractivity contribution >= 4 is 50.7 Å². The number of amides is 1. The molecule has 2 aromatic carbocycles. The van der Waals surface area contributed by atoms with E-state index in [4.69, 9.17) is 14.9 Å². The average molecular weight is 488 g/mol. The molecule has 0 bridgehead atoms. The zero-order chi connectivity index (χ0) is 24.5. The molecule has 0 unspecified atom stereocenters. The molecule has 9 heteroatoms. The number of para-hydroxylation sites is 1. The van der Waals surface area contributed by atoms with Gasteiger partial charge in [-0.3, -0.25) is 10.2 Å². The van der Waals surface area contributed by atoms with Gasteiger partial charge in [-0.2, -0.15) is 15.1 Å².